The molecular weight excluding hydrogens is 158 g/mol. The Kier molecular flexibility index (Phi) is 2.66. The molecule has 0 aromatic carbocycles. The minimum Gasteiger partial charge on any atom is -0.256 e. The highest BCUT2D eigenvalue weighted by atomic mass is 14.7. The van der Waals surface area contributed by atoms with Crippen LogP contribution in [-0.4, -0.2) is 4.98 Å². The molecule has 0 bridgehead atoms. The first-order valence-corrected chi connectivity index (χ1v) is 4.30. The molecule has 0 saturated carbocycles. The Morgan fingerprint density at radius 3 is 2.31 bits per heavy atom. The minimum absolute atomic E-state index is 0.920. The molecule has 1 rings (SSSR count). The monoisotopic (exact) mass is 173 g/mol. The molecule has 0 radical (unpaired) electrons. The fourth-order valence-corrected chi connectivity index (χ4v) is 1.01. The van der Waals surface area contributed by atoms with Gasteiger partial charge in [-0.2, -0.15) is 0 Å². The smallest absolute Gasteiger partial charge is 0.0701 e. The first-order chi connectivity index (χ1) is 6.02. The van der Waals surface area contributed by atoms with E-state index in [9.17, 15) is 0 Å². The average molecular weight is 173 g/mol. The maximum atomic E-state index is 4.30. The van der Waals surface area contributed by atoms with E-state index in [2.05, 4.69) is 32.0 Å². The van der Waals surface area contributed by atoms with Crippen molar-refractivity contribution in [3.63, 3.8) is 0 Å². The second kappa shape index (κ2) is 3.56. The molecule has 0 amide bonds. The summed E-state index contributed by atoms with van der Waals surface area (Å²) in [6, 6.07) is 2.05. The quantitative estimate of drug-likeness (QED) is 0.625. The Morgan fingerprint density at radius 2 is 1.85 bits per heavy atom. The first kappa shape index (κ1) is 9.72. The van der Waals surface area contributed by atoms with Gasteiger partial charge in [-0.05, 0) is 49.1 Å². The molecule has 68 valence electrons. The third-order valence-corrected chi connectivity index (χ3v) is 2.20. The Morgan fingerprint density at radius 1 is 1.23 bits per heavy atom. The van der Waals surface area contributed by atoms with Crippen LogP contribution >= 0.6 is 0 Å². The SMILES string of the molecule is C=C(C)C(=C)c1cc(C)c(C)cn1. The van der Waals surface area contributed by atoms with Crippen LogP contribution < -0.4 is 0 Å². The highest BCUT2D eigenvalue weighted by Gasteiger charge is 2.02. The van der Waals surface area contributed by atoms with E-state index in [0.29, 0.717) is 0 Å². The summed E-state index contributed by atoms with van der Waals surface area (Å²) in [6.07, 6.45) is 1.87. The Labute approximate surface area is 79.8 Å². The maximum absolute atomic E-state index is 4.30. The predicted octanol–water partition coefficient (Wildman–Crippen LogP) is 3.29. The number of aryl methyl sites for hydroxylation is 2. The van der Waals surface area contributed by atoms with Gasteiger partial charge >= 0.3 is 0 Å². The zero-order valence-electron chi connectivity index (χ0n) is 8.52. The number of aromatic nitrogens is 1. The van der Waals surface area contributed by atoms with Crippen molar-refractivity contribution in [3.8, 4) is 0 Å². The van der Waals surface area contributed by atoms with Crippen molar-refractivity contribution >= 4 is 5.57 Å². The molecule has 0 spiro atoms. The van der Waals surface area contributed by atoms with Gasteiger partial charge in [0, 0.05) is 6.20 Å². The number of hydrogen-bond donors (Lipinski definition) is 0. The zero-order valence-corrected chi connectivity index (χ0v) is 8.52. The molecular formula is C12H15N. The van der Waals surface area contributed by atoms with Crippen LogP contribution in [0.25, 0.3) is 5.57 Å². The topological polar surface area (TPSA) is 12.9 Å². The summed E-state index contributed by atoms with van der Waals surface area (Å²) in [6.45, 7) is 13.8. The Bertz CT molecular complexity index is 361. The van der Waals surface area contributed by atoms with Crippen LogP contribution in [0, 0.1) is 13.8 Å². The van der Waals surface area contributed by atoms with Crippen LogP contribution in [0.1, 0.15) is 23.7 Å². The summed E-state index contributed by atoms with van der Waals surface area (Å²) in [5.74, 6) is 0. The molecule has 0 N–H and O–H groups in total. The molecule has 0 aliphatic carbocycles. The molecule has 0 atom stereocenters. The lowest BCUT2D eigenvalue weighted by atomic mass is 10.0. The second-order valence-corrected chi connectivity index (χ2v) is 3.41. The molecule has 1 heterocycles. The van der Waals surface area contributed by atoms with Crippen molar-refractivity contribution in [3.05, 3.63) is 47.8 Å². The highest BCUT2D eigenvalue weighted by Crippen LogP contribution is 2.18. The molecule has 1 aromatic rings. The summed E-state index contributed by atoms with van der Waals surface area (Å²) < 4.78 is 0. The van der Waals surface area contributed by atoms with Crippen molar-refractivity contribution in [2.75, 3.05) is 0 Å². The van der Waals surface area contributed by atoms with Crippen molar-refractivity contribution in [1.82, 2.24) is 4.98 Å². The number of hydrogen-bond acceptors (Lipinski definition) is 1. The average Bonchev–Trinajstić information content (AvgIpc) is 2.08. The third kappa shape index (κ3) is 2.05. The van der Waals surface area contributed by atoms with E-state index in [0.717, 1.165) is 16.8 Å². The van der Waals surface area contributed by atoms with Gasteiger partial charge in [0.15, 0.2) is 0 Å². The van der Waals surface area contributed by atoms with E-state index in [-0.39, 0.29) is 0 Å². The largest absolute Gasteiger partial charge is 0.256 e. The van der Waals surface area contributed by atoms with E-state index in [1.54, 1.807) is 0 Å². The summed E-state index contributed by atoms with van der Waals surface area (Å²) in [5.41, 5.74) is 5.26. The maximum Gasteiger partial charge on any atom is 0.0701 e. The molecule has 0 saturated heterocycles. The Hall–Kier alpha value is -1.37. The number of nitrogens with zero attached hydrogens (tertiary/aromatic N) is 1. The lowest BCUT2D eigenvalue weighted by Gasteiger charge is -2.06. The molecule has 13 heavy (non-hydrogen) atoms. The van der Waals surface area contributed by atoms with Crippen LogP contribution in [0.15, 0.2) is 31.0 Å². The van der Waals surface area contributed by atoms with Gasteiger partial charge in [0.2, 0.25) is 0 Å². The van der Waals surface area contributed by atoms with E-state index in [4.69, 9.17) is 0 Å². The lowest BCUT2D eigenvalue weighted by Crippen LogP contribution is -1.92. The van der Waals surface area contributed by atoms with Gasteiger partial charge < -0.3 is 0 Å². The number of allylic oxidation sites excluding steroid dienone is 2. The molecule has 1 aromatic heterocycles. The van der Waals surface area contributed by atoms with Crippen LogP contribution in [0.4, 0.5) is 0 Å². The normalized spacial score (nSPS) is 9.77. The molecule has 0 unspecified atom stereocenters. The van der Waals surface area contributed by atoms with Crippen molar-refractivity contribution < 1.29 is 0 Å². The minimum atomic E-state index is 0.920. The standard InChI is InChI=1S/C12H15N/c1-8(2)11(5)12-6-9(3)10(4)7-13-12/h6-7H,1,5H2,2-4H3. The fraction of sp³-hybridized carbons (Fsp3) is 0.250. The van der Waals surface area contributed by atoms with Crippen molar-refractivity contribution in [1.29, 1.82) is 0 Å². The second-order valence-electron chi connectivity index (χ2n) is 3.41. The Balaban J connectivity index is 3.11. The van der Waals surface area contributed by atoms with Crippen molar-refractivity contribution in [2.45, 2.75) is 20.8 Å². The number of rotatable bonds is 2. The van der Waals surface area contributed by atoms with E-state index in [1.807, 2.05) is 19.2 Å². The highest BCUT2D eigenvalue weighted by molar-refractivity contribution is 5.73. The van der Waals surface area contributed by atoms with E-state index < -0.39 is 0 Å². The third-order valence-electron chi connectivity index (χ3n) is 2.20. The summed E-state index contributed by atoms with van der Waals surface area (Å²) in [4.78, 5) is 4.30. The summed E-state index contributed by atoms with van der Waals surface area (Å²) >= 11 is 0. The molecule has 0 fully saturated rings. The molecule has 0 aliphatic rings. The molecule has 1 heteroatoms. The van der Waals surface area contributed by atoms with Crippen molar-refractivity contribution in [2.24, 2.45) is 0 Å². The van der Waals surface area contributed by atoms with Gasteiger partial charge in [-0.25, -0.2) is 0 Å². The van der Waals surface area contributed by atoms with Crippen LogP contribution in [0.3, 0.4) is 0 Å². The first-order valence-electron chi connectivity index (χ1n) is 4.30. The predicted molar refractivity (Wildman–Crippen MR) is 57.6 cm³/mol. The van der Waals surface area contributed by atoms with Crippen LogP contribution in [0.2, 0.25) is 0 Å². The fourth-order valence-electron chi connectivity index (χ4n) is 1.01. The molecule has 1 nitrogen and oxygen atoms in total. The van der Waals surface area contributed by atoms with E-state index in [1.165, 1.54) is 11.1 Å². The van der Waals surface area contributed by atoms with Gasteiger partial charge in [-0.1, -0.05) is 13.2 Å². The summed E-state index contributed by atoms with van der Waals surface area (Å²) in [5, 5.41) is 0. The zero-order chi connectivity index (χ0) is 10.0. The summed E-state index contributed by atoms with van der Waals surface area (Å²) in [7, 11) is 0. The van der Waals surface area contributed by atoms with Gasteiger partial charge in [-0.3, -0.25) is 4.98 Å². The number of pyridine rings is 1. The van der Waals surface area contributed by atoms with Gasteiger partial charge in [-0.15, -0.1) is 0 Å². The van der Waals surface area contributed by atoms with Crippen LogP contribution in [-0.2, 0) is 0 Å². The van der Waals surface area contributed by atoms with Gasteiger partial charge in [0.05, 0.1) is 5.69 Å². The molecule has 0 aliphatic heterocycles. The van der Waals surface area contributed by atoms with Crippen LogP contribution in [0.5, 0.6) is 0 Å². The van der Waals surface area contributed by atoms with Gasteiger partial charge in [0.25, 0.3) is 0 Å². The van der Waals surface area contributed by atoms with E-state index >= 15 is 0 Å². The lowest BCUT2D eigenvalue weighted by molar-refractivity contribution is 1.18. The van der Waals surface area contributed by atoms with Gasteiger partial charge in [0.1, 0.15) is 0 Å².